The molecular weight excluding hydrogens is 328 g/mol. The van der Waals surface area contributed by atoms with Gasteiger partial charge in [0.15, 0.2) is 6.61 Å². The normalized spacial score (nSPS) is 11.9. The monoisotopic (exact) mass is 356 g/mol. The zero-order chi connectivity index (χ0) is 19.1. The van der Waals surface area contributed by atoms with E-state index < -0.39 is 0 Å². The van der Waals surface area contributed by atoms with Crippen molar-refractivity contribution in [2.45, 2.75) is 19.9 Å². The zero-order valence-electron chi connectivity index (χ0n) is 16.2. The third-order valence-corrected chi connectivity index (χ3v) is 4.35. The Morgan fingerprint density at radius 2 is 1.77 bits per heavy atom. The van der Waals surface area contributed by atoms with Gasteiger partial charge in [-0.2, -0.15) is 0 Å². The standard InChI is InChI=1S/C21H28N2O3/c1-15-8-6-9-16(2)21(15)26-14-20(24)22-13-19(23(3)4)17-10-7-11-18(12-17)25-5/h6-12,19H,13-14H2,1-5H3,(H,22,24). The van der Waals surface area contributed by atoms with Crippen molar-refractivity contribution in [3.05, 3.63) is 59.2 Å². The molecule has 0 radical (unpaired) electrons. The first kappa shape index (κ1) is 19.8. The van der Waals surface area contributed by atoms with Crippen LogP contribution in [0.3, 0.4) is 0 Å². The first-order valence-electron chi connectivity index (χ1n) is 8.68. The van der Waals surface area contributed by atoms with Crippen molar-refractivity contribution < 1.29 is 14.3 Å². The Morgan fingerprint density at radius 1 is 1.12 bits per heavy atom. The number of hydrogen-bond acceptors (Lipinski definition) is 4. The molecule has 0 saturated heterocycles. The maximum absolute atomic E-state index is 12.2. The summed E-state index contributed by atoms with van der Waals surface area (Å²) in [5.41, 5.74) is 3.14. The predicted molar refractivity (Wildman–Crippen MR) is 104 cm³/mol. The van der Waals surface area contributed by atoms with Gasteiger partial charge in [-0.25, -0.2) is 0 Å². The number of benzene rings is 2. The molecule has 0 aliphatic rings. The molecule has 26 heavy (non-hydrogen) atoms. The molecule has 0 saturated carbocycles. The number of nitrogens with one attached hydrogen (secondary N) is 1. The van der Waals surface area contributed by atoms with Crippen LogP contribution in [-0.4, -0.2) is 45.2 Å². The van der Waals surface area contributed by atoms with Gasteiger partial charge < -0.3 is 19.7 Å². The molecule has 2 aromatic carbocycles. The van der Waals surface area contributed by atoms with Crippen molar-refractivity contribution in [2.75, 3.05) is 34.4 Å². The van der Waals surface area contributed by atoms with Crippen LogP contribution in [0.25, 0.3) is 0 Å². The van der Waals surface area contributed by atoms with Crippen molar-refractivity contribution in [3.63, 3.8) is 0 Å². The molecule has 2 aromatic rings. The fourth-order valence-corrected chi connectivity index (χ4v) is 2.87. The van der Waals surface area contributed by atoms with Gasteiger partial charge in [-0.1, -0.05) is 30.3 Å². The number of para-hydroxylation sites is 1. The number of likely N-dealkylation sites (N-methyl/N-ethyl adjacent to an activating group) is 1. The van der Waals surface area contributed by atoms with E-state index in [0.717, 1.165) is 28.2 Å². The second-order valence-electron chi connectivity index (χ2n) is 6.57. The van der Waals surface area contributed by atoms with Crippen LogP contribution in [0.1, 0.15) is 22.7 Å². The molecule has 1 atom stereocenters. The van der Waals surface area contributed by atoms with E-state index in [1.807, 2.05) is 70.4 Å². The molecule has 0 bridgehead atoms. The summed E-state index contributed by atoms with van der Waals surface area (Å²) in [6.45, 7) is 4.45. The fourth-order valence-electron chi connectivity index (χ4n) is 2.87. The van der Waals surface area contributed by atoms with Gasteiger partial charge in [-0.15, -0.1) is 0 Å². The van der Waals surface area contributed by atoms with E-state index in [4.69, 9.17) is 9.47 Å². The molecule has 1 amide bonds. The lowest BCUT2D eigenvalue weighted by Crippen LogP contribution is -2.37. The minimum absolute atomic E-state index is 0.00392. The number of hydrogen-bond donors (Lipinski definition) is 1. The van der Waals surface area contributed by atoms with Crippen molar-refractivity contribution in [2.24, 2.45) is 0 Å². The lowest BCUT2D eigenvalue weighted by atomic mass is 10.1. The molecular formula is C21H28N2O3. The summed E-state index contributed by atoms with van der Waals surface area (Å²) in [6, 6.07) is 13.9. The van der Waals surface area contributed by atoms with Gasteiger partial charge in [0.05, 0.1) is 13.2 Å². The van der Waals surface area contributed by atoms with E-state index >= 15 is 0 Å². The summed E-state index contributed by atoms with van der Waals surface area (Å²) < 4.78 is 11.0. The van der Waals surface area contributed by atoms with Gasteiger partial charge >= 0.3 is 0 Å². The Morgan fingerprint density at radius 3 is 2.38 bits per heavy atom. The quantitative estimate of drug-likeness (QED) is 0.790. The van der Waals surface area contributed by atoms with E-state index in [1.54, 1.807) is 7.11 Å². The molecule has 0 spiro atoms. The van der Waals surface area contributed by atoms with Gasteiger partial charge in [0, 0.05) is 6.54 Å². The van der Waals surface area contributed by atoms with Crippen molar-refractivity contribution >= 4 is 5.91 Å². The number of nitrogens with zero attached hydrogens (tertiary/aromatic N) is 1. The molecule has 0 aliphatic carbocycles. The van der Waals surface area contributed by atoms with Gasteiger partial charge in [-0.3, -0.25) is 4.79 Å². The SMILES string of the molecule is COc1cccc(C(CNC(=O)COc2c(C)cccc2C)N(C)C)c1. The molecule has 1 N–H and O–H groups in total. The number of carbonyl (C=O) groups excluding carboxylic acids is 1. The van der Waals surface area contributed by atoms with Crippen LogP contribution >= 0.6 is 0 Å². The Balaban J connectivity index is 1.95. The number of aryl methyl sites for hydroxylation is 2. The van der Waals surface area contributed by atoms with Gasteiger partial charge in [0.2, 0.25) is 0 Å². The van der Waals surface area contributed by atoms with E-state index in [2.05, 4.69) is 10.2 Å². The molecule has 1 unspecified atom stereocenters. The second-order valence-corrected chi connectivity index (χ2v) is 6.57. The predicted octanol–water partition coefficient (Wildman–Crippen LogP) is 3.11. The Bertz CT molecular complexity index is 724. The first-order valence-corrected chi connectivity index (χ1v) is 8.68. The van der Waals surface area contributed by atoms with E-state index in [0.29, 0.717) is 6.54 Å². The molecule has 0 fully saturated rings. The molecule has 5 nitrogen and oxygen atoms in total. The lowest BCUT2D eigenvalue weighted by Gasteiger charge is -2.25. The largest absolute Gasteiger partial charge is 0.497 e. The van der Waals surface area contributed by atoms with E-state index in [9.17, 15) is 4.79 Å². The molecule has 0 aliphatic heterocycles. The molecule has 140 valence electrons. The summed E-state index contributed by atoms with van der Waals surface area (Å²) in [5.74, 6) is 1.45. The Hall–Kier alpha value is -2.53. The Labute approximate surface area is 155 Å². The Kier molecular flexibility index (Phi) is 7.04. The van der Waals surface area contributed by atoms with E-state index in [1.165, 1.54) is 0 Å². The summed E-state index contributed by atoms with van der Waals surface area (Å²) in [5, 5.41) is 2.96. The summed E-state index contributed by atoms with van der Waals surface area (Å²) in [6.07, 6.45) is 0. The third-order valence-electron chi connectivity index (χ3n) is 4.35. The van der Waals surface area contributed by atoms with Crippen LogP contribution < -0.4 is 14.8 Å². The molecule has 5 heteroatoms. The highest BCUT2D eigenvalue weighted by molar-refractivity contribution is 5.77. The van der Waals surface area contributed by atoms with Crippen LogP contribution in [0.15, 0.2) is 42.5 Å². The molecule has 0 heterocycles. The van der Waals surface area contributed by atoms with Crippen LogP contribution in [0, 0.1) is 13.8 Å². The molecule has 0 aromatic heterocycles. The lowest BCUT2D eigenvalue weighted by molar-refractivity contribution is -0.123. The average molecular weight is 356 g/mol. The summed E-state index contributed by atoms with van der Waals surface area (Å²) in [4.78, 5) is 14.3. The third kappa shape index (κ3) is 5.23. The first-order chi connectivity index (χ1) is 12.4. The summed E-state index contributed by atoms with van der Waals surface area (Å²) in [7, 11) is 5.63. The minimum atomic E-state index is -0.137. The smallest absolute Gasteiger partial charge is 0.258 e. The van der Waals surface area contributed by atoms with Gasteiger partial charge in [0.25, 0.3) is 5.91 Å². The maximum Gasteiger partial charge on any atom is 0.258 e. The highest BCUT2D eigenvalue weighted by Crippen LogP contribution is 2.23. The topological polar surface area (TPSA) is 50.8 Å². The number of ether oxygens (including phenoxy) is 2. The van der Waals surface area contributed by atoms with Crippen LogP contribution in [0.5, 0.6) is 11.5 Å². The zero-order valence-corrected chi connectivity index (χ0v) is 16.2. The van der Waals surface area contributed by atoms with Crippen LogP contribution in [0.4, 0.5) is 0 Å². The van der Waals surface area contributed by atoms with Crippen LogP contribution in [0.2, 0.25) is 0 Å². The van der Waals surface area contributed by atoms with Crippen molar-refractivity contribution in [1.29, 1.82) is 0 Å². The summed E-state index contributed by atoms with van der Waals surface area (Å²) >= 11 is 0. The van der Waals surface area contributed by atoms with Crippen molar-refractivity contribution in [3.8, 4) is 11.5 Å². The molecule has 2 rings (SSSR count). The minimum Gasteiger partial charge on any atom is -0.497 e. The van der Waals surface area contributed by atoms with Gasteiger partial charge in [0.1, 0.15) is 11.5 Å². The van der Waals surface area contributed by atoms with Crippen molar-refractivity contribution in [1.82, 2.24) is 10.2 Å². The second kappa shape index (κ2) is 9.25. The highest BCUT2D eigenvalue weighted by Gasteiger charge is 2.16. The average Bonchev–Trinajstić information content (AvgIpc) is 2.61. The number of carbonyl (C=O) groups is 1. The number of methoxy groups -OCH3 is 1. The fraction of sp³-hybridized carbons (Fsp3) is 0.381. The highest BCUT2D eigenvalue weighted by atomic mass is 16.5. The van der Waals surface area contributed by atoms with Gasteiger partial charge in [-0.05, 0) is 56.8 Å². The van der Waals surface area contributed by atoms with E-state index in [-0.39, 0.29) is 18.6 Å². The number of amides is 1. The van der Waals surface area contributed by atoms with Crippen LogP contribution in [-0.2, 0) is 4.79 Å². The maximum atomic E-state index is 12.2. The number of rotatable bonds is 8.